The molecule has 144 valence electrons. The molecule has 2 heterocycles. The smallest absolute Gasteiger partial charge is 0.134 e. The van der Waals surface area contributed by atoms with Gasteiger partial charge < -0.3 is 9.47 Å². The Kier molecular flexibility index (Phi) is 4.10. The number of hydrogen-bond donors (Lipinski definition) is 0. The van der Waals surface area contributed by atoms with Crippen LogP contribution in [0.2, 0.25) is 5.02 Å². The summed E-state index contributed by atoms with van der Waals surface area (Å²) in [6, 6.07) is 20.0. The van der Waals surface area contributed by atoms with Crippen LogP contribution in [0.3, 0.4) is 0 Å². The molecule has 5 aromatic rings. The molecule has 0 aliphatic heterocycles. The highest BCUT2D eigenvalue weighted by atomic mass is 35.5. The van der Waals surface area contributed by atoms with E-state index in [-0.39, 0.29) is 0 Å². The molecule has 5 rings (SSSR count). The summed E-state index contributed by atoms with van der Waals surface area (Å²) in [4.78, 5) is 0. The fraction of sp³-hybridized carbons (Fsp3) is 0.125. The zero-order valence-corrected chi connectivity index (χ0v) is 17.1. The largest absolute Gasteiger partial charge is 0.496 e. The Morgan fingerprint density at radius 2 is 1.48 bits per heavy atom. The first-order valence-corrected chi connectivity index (χ1v) is 9.72. The Morgan fingerprint density at radius 3 is 2.14 bits per heavy atom. The second-order valence-corrected chi connectivity index (χ2v) is 7.41. The Hall–Kier alpha value is -3.24. The number of aryl methyl sites for hydroxylation is 1. The van der Waals surface area contributed by atoms with E-state index >= 15 is 0 Å². The van der Waals surface area contributed by atoms with Gasteiger partial charge in [0, 0.05) is 27.9 Å². The second kappa shape index (κ2) is 6.68. The molecule has 2 aromatic heterocycles. The molecule has 0 unspecified atom stereocenters. The second-order valence-electron chi connectivity index (χ2n) is 6.97. The minimum absolute atomic E-state index is 0.696. The molecule has 4 nitrogen and oxygen atoms in total. The van der Waals surface area contributed by atoms with Gasteiger partial charge in [-0.15, -0.1) is 0 Å². The van der Waals surface area contributed by atoms with Crippen molar-refractivity contribution < 1.29 is 9.47 Å². The van der Waals surface area contributed by atoms with Crippen molar-refractivity contribution >= 4 is 27.9 Å². The van der Waals surface area contributed by atoms with E-state index in [1.54, 1.807) is 14.2 Å². The summed E-state index contributed by atoms with van der Waals surface area (Å²) in [7, 11) is 3.36. The van der Waals surface area contributed by atoms with E-state index in [0.29, 0.717) is 5.02 Å². The van der Waals surface area contributed by atoms with Crippen LogP contribution in [0.5, 0.6) is 11.5 Å². The minimum Gasteiger partial charge on any atom is -0.496 e. The number of ether oxygens (including phenoxy) is 2. The molecule has 0 radical (unpaired) electrons. The van der Waals surface area contributed by atoms with Crippen LogP contribution >= 0.6 is 11.6 Å². The van der Waals surface area contributed by atoms with Gasteiger partial charge in [0.25, 0.3) is 0 Å². The first-order chi connectivity index (χ1) is 14.1. The monoisotopic (exact) mass is 402 g/mol. The van der Waals surface area contributed by atoms with Crippen LogP contribution in [0.1, 0.15) is 5.69 Å². The molecule has 5 heteroatoms. The SMILES string of the molecule is COc1cc(OC)c2c(-c3ccccc3)c(C)n3nc(-c4ccc(Cl)cc4)c1c23. The van der Waals surface area contributed by atoms with Crippen molar-refractivity contribution in [3.63, 3.8) is 0 Å². The molecule has 0 N–H and O–H groups in total. The predicted octanol–water partition coefficient (Wildman–Crippen LogP) is 6.24. The fourth-order valence-corrected chi connectivity index (χ4v) is 4.25. The van der Waals surface area contributed by atoms with E-state index in [2.05, 4.69) is 19.1 Å². The maximum atomic E-state index is 6.09. The van der Waals surface area contributed by atoms with Crippen LogP contribution < -0.4 is 9.47 Å². The average molecular weight is 403 g/mol. The van der Waals surface area contributed by atoms with Gasteiger partial charge in [-0.05, 0) is 24.6 Å². The zero-order valence-electron chi connectivity index (χ0n) is 16.4. The van der Waals surface area contributed by atoms with Crippen molar-refractivity contribution in [2.24, 2.45) is 0 Å². The van der Waals surface area contributed by atoms with Crippen LogP contribution in [0.4, 0.5) is 0 Å². The van der Waals surface area contributed by atoms with Gasteiger partial charge in [0.15, 0.2) is 0 Å². The summed E-state index contributed by atoms with van der Waals surface area (Å²) < 4.78 is 13.5. The number of nitrogens with zero attached hydrogens (tertiary/aromatic N) is 2. The van der Waals surface area contributed by atoms with E-state index < -0.39 is 0 Å². The quantitative estimate of drug-likeness (QED) is 0.357. The minimum atomic E-state index is 0.696. The van der Waals surface area contributed by atoms with Gasteiger partial charge in [0.1, 0.15) is 17.2 Å². The molecule has 0 fully saturated rings. The number of benzene rings is 3. The lowest BCUT2D eigenvalue weighted by Crippen LogP contribution is -1.91. The lowest BCUT2D eigenvalue weighted by atomic mass is 9.99. The van der Waals surface area contributed by atoms with Crippen molar-refractivity contribution in [1.82, 2.24) is 9.61 Å². The molecule has 0 aliphatic carbocycles. The van der Waals surface area contributed by atoms with E-state index in [9.17, 15) is 0 Å². The van der Waals surface area contributed by atoms with Crippen molar-refractivity contribution in [2.45, 2.75) is 6.92 Å². The van der Waals surface area contributed by atoms with Crippen LogP contribution in [0.25, 0.3) is 38.7 Å². The maximum absolute atomic E-state index is 6.09. The van der Waals surface area contributed by atoms with E-state index in [1.165, 1.54) is 0 Å². The summed E-state index contributed by atoms with van der Waals surface area (Å²) in [6.07, 6.45) is 0. The highest BCUT2D eigenvalue weighted by molar-refractivity contribution is 6.30. The van der Waals surface area contributed by atoms with Gasteiger partial charge in [-0.3, -0.25) is 0 Å². The highest BCUT2D eigenvalue weighted by Gasteiger charge is 2.27. The molecule has 0 atom stereocenters. The Balaban J connectivity index is 1.94. The maximum Gasteiger partial charge on any atom is 0.134 e. The lowest BCUT2D eigenvalue weighted by molar-refractivity contribution is 0.401. The number of halogens is 1. The molecule has 0 amide bonds. The number of hydrogen-bond acceptors (Lipinski definition) is 3. The molecule has 29 heavy (non-hydrogen) atoms. The molecular weight excluding hydrogens is 384 g/mol. The van der Waals surface area contributed by atoms with E-state index in [4.69, 9.17) is 26.2 Å². The van der Waals surface area contributed by atoms with Gasteiger partial charge in [0.05, 0.1) is 30.5 Å². The summed E-state index contributed by atoms with van der Waals surface area (Å²) in [5.41, 5.74) is 6.17. The third-order valence-corrected chi connectivity index (χ3v) is 5.68. The molecule has 0 saturated carbocycles. The third kappa shape index (κ3) is 2.56. The van der Waals surface area contributed by atoms with Gasteiger partial charge in [-0.25, -0.2) is 4.52 Å². The van der Waals surface area contributed by atoms with Gasteiger partial charge in [0.2, 0.25) is 0 Å². The first kappa shape index (κ1) is 17.8. The first-order valence-electron chi connectivity index (χ1n) is 9.34. The summed E-state index contributed by atoms with van der Waals surface area (Å²) >= 11 is 6.09. The lowest BCUT2D eigenvalue weighted by Gasteiger charge is -2.11. The third-order valence-electron chi connectivity index (χ3n) is 5.43. The fourth-order valence-electron chi connectivity index (χ4n) is 4.12. The number of methoxy groups -OCH3 is 2. The molecule has 0 saturated heterocycles. The Labute approximate surface area is 173 Å². The molecule has 0 bridgehead atoms. The number of rotatable bonds is 4. The summed E-state index contributed by atoms with van der Waals surface area (Å²) in [5, 5.41) is 7.69. The molecule has 0 spiro atoms. The van der Waals surface area contributed by atoms with Crippen molar-refractivity contribution in [3.8, 4) is 33.9 Å². The highest BCUT2D eigenvalue weighted by Crippen LogP contribution is 2.48. The van der Waals surface area contributed by atoms with E-state index in [0.717, 1.165) is 55.9 Å². The normalized spacial score (nSPS) is 11.4. The Morgan fingerprint density at radius 1 is 0.828 bits per heavy atom. The number of aromatic nitrogens is 2. The van der Waals surface area contributed by atoms with Crippen LogP contribution in [-0.2, 0) is 0 Å². The van der Waals surface area contributed by atoms with Crippen molar-refractivity contribution in [1.29, 1.82) is 0 Å². The standard InChI is InChI=1S/C24H19ClN2O2/c1-14-20(15-7-5-4-6-8-15)21-18(28-2)13-19(29-3)22-23(26-27(14)24(21)22)16-9-11-17(25)12-10-16/h4-13H,1-3H3. The van der Waals surface area contributed by atoms with Crippen molar-refractivity contribution in [2.75, 3.05) is 14.2 Å². The summed E-state index contributed by atoms with van der Waals surface area (Å²) in [6.45, 7) is 2.09. The molecule has 0 aliphatic rings. The van der Waals surface area contributed by atoms with Crippen LogP contribution in [-0.4, -0.2) is 23.8 Å². The van der Waals surface area contributed by atoms with Crippen LogP contribution in [0, 0.1) is 6.92 Å². The van der Waals surface area contributed by atoms with Gasteiger partial charge in [-0.1, -0.05) is 54.1 Å². The zero-order chi connectivity index (χ0) is 20.1. The van der Waals surface area contributed by atoms with Gasteiger partial charge in [-0.2, -0.15) is 5.10 Å². The van der Waals surface area contributed by atoms with Gasteiger partial charge >= 0.3 is 0 Å². The summed E-state index contributed by atoms with van der Waals surface area (Å²) in [5.74, 6) is 1.51. The van der Waals surface area contributed by atoms with E-state index in [1.807, 2.05) is 53.0 Å². The Bertz CT molecular complexity index is 1320. The average Bonchev–Trinajstić information content (AvgIpc) is 3.28. The molecule has 3 aromatic carbocycles. The van der Waals surface area contributed by atoms with Crippen molar-refractivity contribution in [3.05, 3.63) is 71.4 Å². The topological polar surface area (TPSA) is 35.8 Å². The van der Waals surface area contributed by atoms with Crippen LogP contribution in [0.15, 0.2) is 60.7 Å². The molecular formula is C24H19ClN2O2. The predicted molar refractivity (Wildman–Crippen MR) is 118 cm³/mol.